The molecule has 0 radical (unpaired) electrons. The maximum absolute atomic E-state index is 12.3. The molecule has 5 nitrogen and oxygen atoms in total. The maximum Gasteiger partial charge on any atom is 0.271 e. The van der Waals surface area contributed by atoms with Crippen LogP contribution in [0.15, 0.2) is 78.0 Å². The number of carbonyl (C=O) groups is 1. The Kier molecular flexibility index (Phi) is 4.68. The van der Waals surface area contributed by atoms with E-state index in [4.69, 9.17) is 11.6 Å². The van der Waals surface area contributed by atoms with Gasteiger partial charge in [-0.25, -0.2) is 5.43 Å². The minimum absolute atomic E-state index is 0.270. The van der Waals surface area contributed by atoms with Gasteiger partial charge in [-0.15, -0.1) is 0 Å². The lowest BCUT2D eigenvalue weighted by atomic mass is 10.1. The molecule has 4 aromatic rings. The number of nitrogens with zero attached hydrogens (tertiary/aromatic N) is 2. The number of halogens is 1. The second kappa shape index (κ2) is 7.43. The molecule has 0 saturated heterocycles. The van der Waals surface area contributed by atoms with Crippen molar-refractivity contribution in [3.63, 3.8) is 0 Å². The van der Waals surface area contributed by atoms with Crippen LogP contribution in [0.1, 0.15) is 15.9 Å². The van der Waals surface area contributed by atoms with Gasteiger partial charge in [0.15, 0.2) is 0 Å². The Morgan fingerprint density at radius 1 is 1.04 bits per heavy atom. The van der Waals surface area contributed by atoms with Gasteiger partial charge < -0.3 is 0 Å². The second-order valence-electron chi connectivity index (χ2n) is 5.97. The predicted molar refractivity (Wildman–Crippen MR) is 108 cm³/mol. The first-order chi connectivity index (χ1) is 13.2. The Bertz CT molecular complexity index is 1130. The molecule has 0 fully saturated rings. The zero-order valence-electron chi connectivity index (χ0n) is 14.2. The highest BCUT2D eigenvalue weighted by Crippen LogP contribution is 2.22. The van der Waals surface area contributed by atoms with Crippen molar-refractivity contribution in [2.75, 3.05) is 0 Å². The van der Waals surface area contributed by atoms with Crippen LogP contribution in [0.3, 0.4) is 0 Å². The van der Waals surface area contributed by atoms with Gasteiger partial charge >= 0.3 is 0 Å². The predicted octanol–water partition coefficient (Wildman–Crippen LogP) is 4.65. The van der Waals surface area contributed by atoms with Crippen molar-refractivity contribution in [2.45, 2.75) is 0 Å². The molecule has 0 aliphatic rings. The summed E-state index contributed by atoms with van der Waals surface area (Å²) in [6.07, 6.45) is 3.21. The second-order valence-corrected chi connectivity index (χ2v) is 6.40. The van der Waals surface area contributed by atoms with Crippen molar-refractivity contribution in [3.05, 3.63) is 89.1 Å². The zero-order chi connectivity index (χ0) is 18.6. The van der Waals surface area contributed by atoms with Crippen LogP contribution in [0.2, 0.25) is 5.02 Å². The average molecular weight is 375 g/mol. The van der Waals surface area contributed by atoms with E-state index >= 15 is 0 Å². The molecule has 1 aromatic heterocycles. The number of H-pyrrole nitrogens is 1. The van der Waals surface area contributed by atoms with E-state index in [1.165, 1.54) is 0 Å². The number of hydrazone groups is 1. The molecule has 1 amide bonds. The van der Waals surface area contributed by atoms with Gasteiger partial charge in [0.1, 0.15) is 0 Å². The number of aromatic nitrogens is 2. The van der Waals surface area contributed by atoms with Crippen molar-refractivity contribution in [1.82, 2.24) is 15.6 Å². The van der Waals surface area contributed by atoms with Crippen molar-refractivity contribution < 1.29 is 4.79 Å². The SMILES string of the molecule is O=C(N/N=C/c1cn[nH]c1-c1ccc(Cl)cc1)c1ccc2ccccc2c1. The molecule has 1 heterocycles. The third-order valence-electron chi connectivity index (χ3n) is 4.18. The molecule has 0 saturated carbocycles. The van der Waals surface area contributed by atoms with E-state index in [1.54, 1.807) is 30.6 Å². The van der Waals surface area contributed by atoms with Crippen LogP contribution in [0.25, 0.3) is 22.0 Å². The van der Waals surface area contributed by atoms with Crippen molar-refractivity contribution in [2.24, 2.45) is 5.10 Å². The van der Waals surface area contributed by atoms with Crippen molar-refractivity contribution in [3.8, 4) is 11.3 Å². The summed E-state index contributed by atoms with van der Waals surface area (Å²) in [5.74, 6) is -0.270. The minimum Gasteiger partial charge on any atom is -0.277 e. The highest BCUT2D eigenvalue weighted by molar-refractivity contribution is 6.30. The first kappa shape index (κ1) is 17.0. The Balaban J connectivity index is 1.50. The molecule has 6 heteroatoms. The normalized spacial score (nSPS) is 11.1. The summed E-state index contributed by atoms with van der Waals surface area (Å²) in [5, 5.41) is 13.8. The van der Waals surface area contributed by atoms with Crippen molar-refractivity contribution >= 4 is 34.5 Å². The molecule has 132 valence electrons. The first-order valence-corrected chi connectivity index (χ1v) is 8.70. The minimum atomic E-state index is -0.270. The lowest BCUT2D eigenvalue weighted by Gasteiger charge is -2.03. The van der Waals surface area contributed by atoms with Crippen LogP contribution < -0.4 is 5.43 Å². The largest absolute Gasteiger partial charge is 0.277 e. The third kappa shape index (κ3) is 3.73. The zero-order valence-corrected chi connectivity index (χ0v) is 14.9. The number of rotatable bonds is 4. The highest BCUT2D eigenvalue weighted by atomic mass is 35.5. The Morgan fingerprint density at radius 3 is 2.63 bits per heavy atom. The number of aromatic amines is 1. The molecule has 27 heavy (non-hydrogen) atoms. The summed E-state index contributed by atoms with van der Waals surface area (Å²) in [6, 6.07) is 20.8. The highest BCUT2D eigenvalue weighted by Gasteiger charge is 2.07. The number of carbonyl (C=O) groups excluding carboxylic acids is 1. The number of nitrogens with one attached hydrogen (secondary N) is 2. The summed E-state index contributed by atoms with van der Waals surface area (Å²) in [6.45, 7) is 0. The number of hydrogen-bond acceptors (Lipinski definition) is 3. The summed E-state index contributed by atoms with van der Waals surface area (Å²) in [7, 11) is 0. The van der Waals surface area contributed by atoms with E-state index in [2.05, 4.69) is 20.7 Å². The molecule has 0 unspecified atom stereocenters. The number of fused-ring (bicyclic) bond motifs is 1. The summed E-state index contributed by atoms with van der Waals surface area (Å²) >= 11 is 5.93. The fourth-order valence-electron chi connectivity index (χ4n) is 2.80. The molecule has 2 N–H and O–H groups in total. The Morgan fingerprint density at radius 2 is 1.81 bits per heavy atom. The van der Waals surface area contributed by atoms with Crippen LogP contribution in [0, 0.1) is 0 Å². The quantitative estimate of drug-likeness (QED) is 0.403. The van der Waals surface area contributed by atoms with E-state index in [9.17, 15) is 4.79 Å². The monoisotopic (exact) mass is 374 g/mol. The van der Waals surface area contributed by atoms with E-state index in [1.807, 2.05) is 48.5 Å². The van der Waals surface area contributed by atoms with E-state index < -0.39 is 0 Å². The summed E-state index contributed by atoms with van der Waals surface area (Å²) in [4.78, 5) is 12.3. The van der Waals surface area contributed by atoms with Crippen LogP contribution in [-0.4, -0.2) is 22.3 Å². The summed E-state index contributed by atoms with van der Waals surface area (Å²) in [5.41, 5.74) is 5.60. The van der Waals surface area contributed by atoms with E-state index in [0.717, 1.165) is 27.6 Å². The lowest BCUT2D eigenvalue weighted by molar-refractivity contribution is 0.0955. The van der Waals surface area contributed by atoms with Gasteiger partial charge in [0.05, 0.1) is 18.1 Å². The molecule has 0 bridgehead atoms. The number of benzene rings is 3. The molecule has 0 aliphatic carbocycles. The third-order valence-corrected chi connectivity index (χ3v) is 4.43. The number of hydrogen-bond donors (Lipinski definition) is 2. The van der Waals surface area contributed by atoms with E-state index in [-0.39, 0.29) is 5.91 Å². The van der Waals surface area contributed by atoms with Crippen LogP contribution in [0.4, 0.5) is 0 Å². The summed E-state index contributed by atoms with van der Waals surface area (Å²) < 4.78 is 0. The van der Waals surface area contributed by atoms with Gasteiger partial charge in [0.2, 0.25) is 0 Å². The van der Waals surface area contributed by atoms with Crippen LogP contribution in [0.5, 0.6) is 0 Å². The average Bonchev–Trinajstić information content (AvgIpc) is 3.16. The smallest absolute Gasteiger partial charge is 0.271 e. The molecular weight excluding hydrogens is 360 g/mol. The molecule has 0 spiro atoms. The number of amides is 1. The van der Waals surface area contributed by atoms with Gasteiger partial charge in [0, 0.05) is 21.7 Å². The van der Waals surface area contributed by atoms with Crippen LogP contribution >= 0.6 is 11.6 Å². The standard InChI is InChI=1S/C21H15ClN4O/c22-19-9-7-15(8-10-19)20-18(12-23-25-20)13-24-26-21(27)17-6-5-14-3-1-2-4-16(14)11-17/h1-13H,(H,23,25)(H,26,27)/b24-13+. The van der Waals surface area contributed by atoms with Gasteiger partial charge in [-0.3, -0.25) is 9.89 Å². The van der Waals surface area contributed by atoms with Crippen LogP contribution in [-0.2, 0) is 0 Å². The molecule has 3 aromatic carbocycles. The van der Waals surface area contributed by atoms with Gasteiger partial charge in [0.25, 0.3) is 5.91 Å². The lowest BCUT2D eigenvalue weighted by Crippen LogP contribution is -2.17. The Labute approximate surface area is 160 Å². The maximum atomic E-state index is 12.3. The fraction of sp³-hybridized carbons (Fsp3) is 0. The van der Waals surface area contributed by atoms with E-state index in [0.29, 0.717) is 10.6 Å². The van der Waals surface area contributed by atoms with Gasteiger partial charge in [-0.1, -0.05) is 54.1 Å². The Hall–Kier alpha value is -3.44. The topological polar surface area (TPSA) is 70.1 Å². The first-order valence-electron chi connectivity index (χ1n) is 8.32. The van der Waals surface area contributed by atoms with Crippen molar-refractivity contribution in [1.29, 1.82) is 0 Å². The molecule has 0 atom stereocenters. The molecular formula is C21H15ClN4O. The van der Waals surface area contributed by atoms with Gasteiger partial charge in [-0.05, 0) is 35.0 Å². The molecule has 0 aliphatic heterocycles. The fourth-order valence-corrected chi connectivity index (χ4v) is 2.92. The molecule has 4 rings (SSSR count). The van der Waals surface area contributed by atoms with Gasteiger partial charge in [-0.2, -0.15) is 10.2 Å².